The highest BCUT2D eigenvalue weighted by atomic mass is 35.5. The van der Waals surface area contributed by atoms with Gasteiger partial charge in [-0.3, -0.25) is 19.3 Å². The van der Waals surface area contributed by atoms with Gasteiger partial charge in [-0.05, 0) is 59.7 Å². The number of rotatable bonds is 7. The number of carboxylic acids is 1. The van der Waals surface area contributed by atoms with Crippen LogP contribution in [-0.4, -0.2) is 38.5 Å². The van der Waals surface area contributed by atoms with Crippen molar-refractivity contribution < 1.29 is 27.9 Å². The van der Waals surface area contributed by atoms with Crippen LogP contribution in [0.3, 0.4) is 0 Å². The molecule has 3 aromatic rings. The van der Waals surface area contributed by atoms with Gasteiger partial charge in [0.25, 0.3) is 5.91 Å². The number of hydrogen-bond donors (Lipinski definition) is 2. The Kier molecular flexibility index (Phi) is 7.18. The fraction of sp³-hybridized carbons (Fsp3) is 0.217. The predicted octanol–water partition coefficient (Wildman–Crippen LogP) is 5.18. The molecular formula is C23H18ClF3N4O3S. The number of thioether (sulfide) groups is 1. The van der Waals surface area contributed by atoms with E-state index < -0.39 is 17.7 Å². The Bertz CT molecular complexity index is 1370. The lowest BCUT2D eigenvalue weighted by Gasteiger charge is -2.14. The Morgan fingerprint density at radius 2 is 2.06 bits per heavy atom. The summed E-state index contributed by atoms with van der Waals surface area (Å²) in [6.07, 6.45) is -0.938. The molecule has 7 nitrogen and oxygen atoms in total. The second-order valence-electron chi connectivity index (χ2n) is 7.67. The molecule has 2 aromatic carbocycles. The zero-order valence-corrected chi connectivity index (χ0v) is 19.5. The van der Waals surface area contributed by atoms with Crippen LogP contribution in [0, 0.1) is 0 Å². The average Bonchev–Trinajstić information content (AvgIpc) is 3.34. The van der Waals surface area contributed by atoms with Crippen LogP contribution in [0.15, 0.2) is 52.5 Å². The van der Waals surface area contributed by atoms with Crippen LogP contribution < -0.4 is 5.32 Å². The lowest BCUT2D eigenvalue weighted by Crippen LogP contribution is -2.20. The molecule has 1 aromatic heterocycles. The first kappa shape index (κ1) is 24.8. The van der Waals surface area contributed by atoms with Gasteiger partial charge < -0.3 is 10.4 Å². The molecule has 0 saturated carbocycles. The Morgan fingerprint density at radius 3 is 2.80 bits per heavy atom. The van der Waals surface area contributed by atoms with Gasteiger partial charge in [-0.1, -0.05) is 23.7 Å². The third kappa shape index (κ3) is 6.04. The Morgan fingerprint density at radius 1 is 1.26 bits per heavy atom. The highest BCUT2D eigenvalue weighted by Gasteiger charge is 2.33. The van der Waals surface area contributed by atoms with Gasteiger partial charge in [0.2, 0.25) is 0 Å². The van der Waals surface area contributed by atoms with Crippen molar-refractivity contribution in [2.75, 3.05) is 6.54 Å². The molecule has 4 rings (SSSR count). The zero-order chi connectivity index (χ0) is 25.2. The zero-order valence-electron chi connectivity index (χ0n) is 18.0. The van der Waals surface area contributed by atoms with Crippen molar-refractivity contribution in [1.82, 2.24) is 15.1 Å². The molecule has 1 saturated heterocycles. The molecule has 12 heteroatoms. The highest BCUT2D eigenvalue weighted by molar-refractivity contribution is 8.18. The number of nitrogens with zero attached hydrogens (tertiary/aromatic N) is 3. The number of nitrogens with one attached hydrogen (secondary N) is 1. The van der Waals surface area contributed by atoms with Gasteiger partial charge in [-0.15, -0.1) is 0 Å². The fourth-order valence-electron chi connectivity index (χ4n) is 3.50. The lowest BCUT2D eigenvalue weighted by molar-refractivity contribution is -0.138. The maximum atomic E-state index is 13.4. The smallest absolute Gasteiger partial charge is 0.416 e. The topological polar surface area (TPSA) is 96.6 Å². The largest absolute Gasteiger partial charge is 0.481 e. The number of carbonyl (C=O) groups excluding carboxylic acids is 1. The minimum Gasteiger partial charge on any atom is -0.481 e. The molecule has 0 spiro atoms. The number of benzene rings is 2. The number of halogens is 4. The molecule has 0 radical (unpaired) electrons. The first-order valence-electron chi connectivity index (χ1n) is 10.4. The molecule has 1 fully saturated rings. The van der Waals surface area contributed by atoms with E-state index in [4.69, 9.17) is 16.7 Å². The van der Waals surface area contributed by atoms with Gasteiger partial charge in [-0.2, -0.15) is 18.3 Å². The molecular weight excluding hydrogens is 505 g/mol. The first-order chi connectivity index (χ1) is 16.6. The van der Waals surface area contributed by atoms with Gasteiger partial charge in [-0.25, -0.2) is 0 Å². The van der Waals surface area contributed by atoms with Crippen LogP contribution in [0.1, 0.15) is 29.5 Å². The van der Waals surface area contributed by atoms with Gasteiger partial charge in [0.1, 0.15) is 0 Å². The number of aliphatic carboxylic acids is 1. The summed E-state index contributed by atoms with van der Waals surface area (Å²) in [5, 5.41) is 16.7. The molecule has 35 heavy (non-hydrogen) atoms. The molecule has 2 N–H and O–H groups in total. The van der Waals surface area contributed by atoms with Crippen molar-refractivity contribution in [2.45, 2.75) is 25.6 Å². The molecule has 1 amide bonds. The monoisotopic (exact) mass is 522 g/mol. The quantitative estimate of drug-likeness (QED) is 0.329. The Hall–Kier alpha value is -3.31. The number of alkyl halides is 3. The van der Waals surface area contributed by atoms with Crippen LogP contribution >= 0.6 is 23.4 Å². The third-order valence-corrected chi connectivity index (χ3v) is 6.30. The number of aromatic nitrogens is 2. The molecule has 0 aliphatic carbocycles. The van der Waals surface area contributed by atoms with Crippen molar-refractivity contribution in [1.29, 1.82) is 0 Å². The van der Waals surface area contributed by atoms with Crippen molar-refractivity contribution in [3.63, 3.8) is 0 Å². The molecule has 0 bridgehead atoms. The van der Waals surface area contributed by atoms with E-state index in [0.717, 1.165) is 17.8 Å². The first-order valence-corrected chi connectivity index (χ1v) is 11.6. The number of amides is 1. The van der Waals surface area contributed by atoms with E-state index in [-0.39, 0.29) is 36.0 Å². The average molecular weight is 523 g/mol. The summed E-state index contributed by atoms with van der Waals surface area (Å²) in [7, 11) is 0. The van der Waals surface area contributed by atoms with Gasteiger partial charge in [0.15, 0.2) is 5.17 Å². The minimum absolute atomic E-state index is 0.00131. The van der Waals surface area contributed by atoms with E-state index in [1.54, 1.807) is 30.5 Å². The SMILES string of the molecule is O=C(O)CCCN=C1NC(=O)C(=Cc2ccc3c(cnn3Cc3ccc(Cl)cc3C(F)(F)F)c2)S1. The summed E-state index contributed by atoms with van der Waals surface area (Å²) in [5.74, 6) is -1.22. The highest BCUT2D eigenvalue weighted by Crippen LogP contribution is 2.34. The Labute approximate surface area is 206 Å². The Balaban J connectivity index is 1.52. The summed E-state index contributed by atoms with van der Waals surface area (Å²) in [5.41, 5.74) is 0.593. The van der Waals surface area contributed by atoms with Crippen LogP contribution in [-0.2, 0) is 22.3 Å². The van der Waals surface area contributed by atoms with Crippen LogP contribution in [0.5, 0.6) is 0 Å². The van der Waals surface area contributed by atoms with E-state index in [1.165, 1.54) is 16.8 Å². The summed E-state index contributed by atoms with van der Waals surface area (Å²) in [4.78, 5) is 27.4. The summed E-state index contributed by atoms with van der Waals surface area (Å²) in [6.45, 7) is 0.201. The molecule has 1 aliphatic heterocycles. The second-order valence-corrected chi connectivity index (χ2v) is 9.14. The second kappa shape index (κ2) is 10.1. The summed E-state index contributed by atoms with van der Waals surface area (Å²) < 4.78 is 41.8. The van der Waals surface area contributed by atoms with E-state index in [0.29, 0.717) is 33.0 Å². The molecule has 1 aliphatic rings. The molecule has 0 atom stereocenters. The van der Waals surface area contributed by atoms with Crippen LogP contribution in [0.2, 0.25) is 5.02 Å². The van der Waals surface area contributed by atoms with Gasteiger partial charge >= 0.3 is 12.1 Å². The molecule has 2 heterocycles. The normalized spacial score (nSPS) is 16.4. The fourth-order valence-corrected chi connectivity index (χ4v) is 4.52. The van der Waals surface area contributed by atoms with Gasteiger partial charge in [0, 0.05) is 23.4 Å². The van der Waals surface area contributed by atoms with Crippen LogP contribution in [0.4, 0.5) is 13.2 Å². The maximum absolute atomic E-state index is 13.4. The number of aliphatic imine (C=N–C) groups is 1. The predicted molar refractivity (Wildman–Crippen MR) is 128 cm³/mol. The standard InChI is InChI=1S/C23H18ClF3N4O3S/c24-16-5-4-14(17(10-16)23(25,26)27)12-31-18-6-3-13(8-15(18)11-29-31)9-19-21(34)30-22(35-19)28-7-1-2-20(32)33/h3-6,8-11H,1-2,7,12H2,(H,32,33)(H,28,30,34). The van der Waals surface area contributed by atoms with E-state index in [9.17, 15) is 22.8 Å². The van der Waals surface area contributed by atoms with Crippen LogP contribution in [0.25, 0.3) is 17.0 Å². The van der Waals surface area contributed by atoms with Crippen molar-refractivity contribution in [2.24, 2.45) is 4.99 Å². The van der Waals surface area contributed by atoms with E-state index in [2.05, 4.69) is 15.4 Å². The summed E-state index contributed by atoms with van der Waals surface area (Å²) in [6, 6.07) is 8.92. The molecule has 0 unspecified atom stereocenters. The maximum Gasteiger partial charge on any atom is 0.416 e. The number of hydrogen-bond acceptors (Lipinski definition) is 5. The lowest BCUT2D eigenvalue weighted by atomic mass is 10.1. The number of fused-ring (bicyclic) bond motifs is 1. The minimum atomic E-state index is -4.54. The number of amidine groups is 1. The van der Waals surface area contributed by atoms with E-state index >= 15 is 0 Å². The number of carboxylic acid groups (broad SMARTS) is 1. The van der Waals surface area contributed by atoms with Gasteiger partial charge in [0.05, 0.1) is 28.7 Å². The summed E-state index contributed by atoms with van der Waals surface area (Å²) >= 11 is 6.92. The van der Waals surface area contributed by atoms with Crippen molar-refractivity contribution in [3.8, 4) is 0 Å². The van der Waals surface area contributed by atoms with Crippen molar-refractivity contribution >= 4 is 57.4 Å². The number of carbonyl (C=O) groups is 2. The third-order valence-electron chi connectivity index (χ3n) is 5.12. The van der Waals surface area contributed by atoms with E-state index in [1.807, 2.05) is 0 Å². The molecule has 182 valence electrons. The van der Waals surface area contributed by atoms with Crippen molar-refractivity contribution in [3.05, 3.63) is 69.2 Å².